The van der Waals surface area contributed by atoms with E-state index < -0.39 is 8.32 Å². The highest BCUT2D eigenvalue weighted by atomic mass is 28.4. The molecule has 0 spiro atoms. The smallest absolute Gasteiger partial charge is 0.247 e. The summed E-state index contributed by atoms with van der Waals surface area (Å²) in [6.07, 6.45) is 1.01. The maximum atomic E-state index is 11.2. The number of allylic oxidation sites excluding steroid dienone is 1. The Hall–Kier alpha value is -0.556. The molecule has 3 nitrogen and oxygen atoms in total. The molecule has 88 valence electrons. The second-order valence-corrected chi connectivity index (χ2v) is 10.7. The highest BCUT2D eigenvalue weighted by Gasteiger charge is 2.23. The van der Waals surface area contributed by atoms with Crippen LogP contribution in [0.1, 0.15) is 20.3 Å². The predicted molar refractivity (Wildman–Crippen MR) is 70.3 cm³/mol. The molecule has 0 fully saturated rings. The monoisotopic (exact) mass is 245 g/mol. The maximum absolute atomic E-state index is 11.2. The molecule has 0 aromatic heterocycles. The van der Waals surface area contributed by atoms with Gasteiger partial charge in [0, 0.05) is 21.4 Å². The summed E-state index contributed by atoms with van der Waals surface area (Å²) >= 11 is 0. The van der Waals surface area contributed by atoms with Crippen molar-refractivity contribution in [3.8, 4) is 0 Å². The van der Waals surface area contributed by atoms with Gasteiger partial charge in [0.15, 0.2) is 0 Å². The van der Waals surface area contributed by atoms with Gasteiger partial charge in [-0.05, 0) is 33.0 Å². The average molecular weight is 245 g/mol. The number of amides is 1. The minimum atomic E-state index is -1.65. The largest absolute Gasteiger partial charge is 0.547 e. The molecule has 0 saturated heterocycles. The zero-order valence-corrected chi connectivity index (χ0v) is 13.7. The van der Waals surface area contributed by atoms with Crippen LogP contribution in [0.2, 0.25) is 25.2 Å². The average Bonchev–Trinajstić information content (AvgIpc) is 2.10. The second-order valence-electron chi connectivity index (χ2n) is 4.88. The van der Waals surface area contributed by atoms with Crippen molar-refractivity contribution in [2.24, 2.45) is 5.73 Å². The highest BCUT2D eigenvalue weighted by molar-refractivity contribution is 6.70. The van der Waals surface area contributed by atoms with Gasteiger partial charge in [-0.2, -0.15) is 0 Å². The first-order valence-electron chi connectivity index (χ1n) is 5.38. The first kappa shape index (κ1) is 14.4. The summed E-state index contributed by atoms with van der Waals surface area (Å²) in [5.41, 5.74) is 6.29. The first-order chi connectivity index (χ1) is 6.69. The zero-order chi connectivity index (χ0) is 12.2. The third kappa shape index (κ3) is 5.18. The number of rotatable bonds is 5. The molecular weight excluding hydrogens is 222 g/mol. The predicted octanol–water partition coefficient (Wildman–Crippen LogP) is 1.16. The third-order valence-electron chi connectivity index (χ3n) is 2.22. The Morgan fingerprint density at radius 2 is 1.93 bits per heavy atom. The second kappa shape index (κ2) is 5.51. The van der Waals surface area contributed by atoms with Crippen molar-refractivity contribution < 1.29 is 9.22 Å². The first-order valence-corrected chi connectivity index (χ1v) is 9.95. The van der Waals surface area contributed by atoms with Crippen LogP contribution in [0.5, 0.6) is 0 Å². The maximum Gasteiger partial charge on any atom is 0.247 e. The van der Waals surface area contributed by atoms with Gasteiger partial charge in [0.2, 0.25) is 14.2 Å². The Morgan fingerprint density at radius 3 is 2.20 bits per heavy atom. The lowest BCUT2D eigenvalue weighted by Crippen LogP contribution is -2.28. The van der Waals surface area contributed by atoms with Crippen molar-refractivity contribution in [3.63, 3.8) is 0 Å². The van der Waals surface area contributed by atoms with Gasteiger partial charge in [-0.3, -0.25) is 4.79 Å². The SMILES string of the molecule is CCC([SiH3])C(O[Si](C)(C)C)=C(C)C(N)=O. The van der Waals surface area contributed by atoms with E-state index in [1.165, 1.54) is 0 Å². The lowest BCUT2D eigenvalue weighted by molar-refractivity contribution is -0.114. The van der Waals surface area contributed by atoms with Crippen LogP contribution in [-0.2, 0) is 9.22 Å². The Bertz CT molecular complexity index is 269. The Kier molecular flexibility index (Phi) is 5.30. The van der Waals surface area contributed by atoms with Gasteiger partial charge in [0.25, 0.3) is 0 Å². The van der Waals surface area contributed by atoms with Gasteiger partial charge in [0.05, 0.1) is 5.76 Å². The fourth-order valence-corrected chi connectivity index (χ4v) is 2.98. The van der Waals surface area contributed by atoms with Crippen molar-refractivity contribution in [2.75, 3.05) is 0 Å². The van der Waals surface area contributed by atoms with E-state index in [-0.39, 0.29) is 5.91 Å². The number of carbonyl (C=O) groups is 1. The van der Waals surface area contributed by atoms with E-state index in [1.807, 2.05) is 0 Å². The molecule has 15 heavy (non-hydrogen) atoms. The molecule has 0 aromatic carbocycles. The molecular formula is C10H23NO2Si2. The van der Waals surface area contributed by atoms with Gasteiger partial charge in [-0.25, -0.2) is 0 Å². The molecule has 0 aliphatic rings. The standard InChI is InChI=1S/C10H23NO2Si2/c1-6-8(14)9(7(2)10(11)12)13-15(3,4)5/h8H,6H2,1-5,14H3,(H2,11,12). The summed E-state index contributed by atoms with van der Waals surface area (Å²) in [4.78, 5) is 11.2. The number of nitrogens with two attached hydrogens (primary N) is 1. The number of carbonyl (C=O) groups excluding carboxylic acids is 1. The molecule has 5 heteroatoms. The summed E-state index contributed by atoms with van der Waals surface area (Å²) in [6.45, 7) is 10.2. The summed E-state index contributed by atoms with van der Waals surface area (Å²) in [5, 5.41) is 0. The number of hydrogen-bond donors (Lipinski definition) is 1. The van der Waals surface area contributed by atoms with Gasteiger partial charge in [-0.1, -0.05) is 6.92 Å². The van der Waals surface area contributed by atoms with Crippen LogP contribution in [0.4, 0.5) is 0 Å². The molecule has 0 rings (SSSR count). The van der Waals surface area contributed by atoms with Crippen LogP contribution in [0, 0.1) is 0 Å². The lowest BCUT2D eigenvalue weighted by Gasteiger charge is -2.26. The van der Waals surface area contributed by atoms with Gasteiger partial charge < -0.3 is 10.2 Å². The van der Waals surface area contributed by atoms with Crippen molar-refractivity contribution in [1.82, 2.24) is 0 Å². The van der Waals surface area contributed by atoms with Crippen molar-refractivity contribution in [2.45, 2.75) is 45.5 Å². The summed E-state index contributed by atoms with van der Waals surface area (Å²) in [5.74, 6) is 0.480. The Morgan fingerprint density at radius 1 is 1.47 bits per heavy atom. The fourth-order valence-electron chi connectivity index (χ4n) is 1.18. The van der Waals surface area contributed by atoms with Crippen LogP contribution in [0.15, 0.2) is 11.3 Å². The molecule has 0 aliphatic carbocycles. The minimum Gasteiger partial charge on any atom is -0.547 e. The van der Waals surface area contributed by atoms with E-state index >= 15 is 0 Å². The summed E-state index contributed by atoms with van der Waals surface area (Å²) < 4.78 is 5.97. The topological polar surface area (TPSA) is 52.3 Å². The fraction of sp³-hybridized carbons (Fsp3) is 0.700. The van der Waals surface area contributed by atoms with Crippen LogP contribution >= 0.6 is 0 Å². The van der Waals surface area contributed by atoms with E-state index in [0.29, 0.717) is 11.1 Å². The van der Waals surface area contributed by atoms with E-state index in [4.69, 9.17) is 10.2 Å². The molecule has 0 heterocycles. The third-order valence-corrected chi connectivity index (χ3v) is 4.39. The van der Waals surface area contributed by atoms with Crippen LogP contribution < -0.4 is 5.73 Å². The quantitative estimate of drug-likeness (QED) is 0.449. The number of hydrogen-bond acceptors (Lipinski definition) is 2. The van der Waals surface area contributed by atoms with E-state index in [1.54, 1.807) is 6.92 Å². The van der Waals surface area contributed by atoms with Crippen LogP contribution in [-0.4, -0.2) is 24.5 Å². The number of primary amides is 1. The zero-order valence-electron chi connectivity index (χ0n) is 10.7. The van der Waals surface area contributed by atoms with Crippen molar-refractivity contribution in [1.29, 1.82) is 0 Å². The van der Waals surface area contributed by atoms with Gasteiger partial charge in [-0.15, -0.1) is 0 Å². The molecule has 0 radical (unpaired) electrons. The van der Waals surface area contributed by atoms with Crippen molar-refractivity contribution >= 4 is 24.5 Å². The molecule has 0 aliphatic heterocycles. The van der Waals surface area contributed by atoms with E-state index in [9.17, 15) is 4.79 Å². The van der Waals surface area contributed by atoms with Crippen molar-refractivity contribution in [3.05, 3.63) is 11.3 Å². The summed E-state index contributed by atoms with van der Waals surface area (Å²) in [7, 11) is -0.660. The summed E-state index contributed by atoms with van der Waals surface area (Å²) in [6, 6.07) is 0. The normalized spacial score (nSPS) is 15.8. The molecule has 1 unspecified atom stereocenters. The van der Waals surface area contributed by atoms with E-state index in [2.05, 4.69) is 26.6 Å². The molecule has 2 N–H and O–H groups in total. The molecule has 1 amide bonds. The Labute approximate surface area is 96.6 Å². The van der Waals surface area contributed by atoms with Crippen LogP contribution in [0.25, 0.3) is 0 Å². The van der Waals surface area contributed by atoms with Gasteiger partial charge in [0.1, 0.15) is 0 Å². The molecule has 0 bridgehead atoms. The molecule has 0 aromatic rings. The minimum absolute atomic E-state index is 0.363. The molecule has 1 atom stereocenters. The lowest BCUT2D eigenvalue weighted by atomic mass is 10.1. The molecule has 0 saturated carbocycles. The van der Waals surface area contributed by atoms with Gasteiger partial charge >= 0.3 is 0 Å². The highest BCUT2D eigenvalue weighted by Crippen LogP contribution is 2.26. The Balaban J connectivity index is 5.07. The van der Waals surface area contributed by atoms with E-state index in [0.717, 1.165) is 22.4 Å². The van der Waals surface area contributed by atoms with Crippen LogP contribution in [0.3, 0.4) is 0 Å².